The fraction of sp³-hybridized carbons (Fsp3) is 0.558. The molecule has 4 bridgehead atoms. The van der Waals surface area contributed by atoms with E-state index >= 15 is 0 Å². The molecule has 5 rings (SSSR count). The van der Waals surface area contributed by atoms with Gasteiger partial charge < -0.3 is 40.5 Å². The largest absolute Gasteiger partial charge is 0.493 e. The third-order valence-electron chi connectivity index (χ3n) is 10.9. The van der Waals surface area contributed by atoms with Crippen LogP contribution in [-0.2, 0) is 44.7 Å². The normalized spacial score (nSPS) is 21.4. The summed E-state index contributed by atoms with van der Waals surface area (Å²) >= 11 is 0. The highest BCUT2D eigenvalue weighted by molar-refractivity contribution is 6.38. The molecule has 2 fully saturated rings. The first kappa shape index (κ1) is 43.8. The molecular weight excluding hydrogens is 745 g/mol. The van der Waals surface area contributed by atoms with Gasteiger partial charge in [0.2, 0.25) is 35.3 Å². The number of nitrogens with one attached hydrogen (secondary N) is 4. The van der Waals surface area contributed by atoms with Gasteiger partial charge in [0.25, 0.3) is 5.91 Å². The number of fused-ring (bicyclic) bond motifs is 4. The highest BCUT2D eigenvalue weighted by atomic mass is 16.5. The molecule has 2 aliphatic heterocycles. The van der Waals surface area contributed by atoms with Crippen LogP contribution in [0.2, 0.25) is 0 Å². The van der Waals surface area contributed by atoms with E-state index < -0.39 is 60.3 Å². The van der Waals surface area contributed by atoms with Crippen LogP contribution in [0, 0.1) is 12.8 Å². The van der Waals surface area contributed by atoms with Crippen LogP contribution in [0.4, 0.5) is 0 Å². The summed E-state index contributed by atoms with van der Waals surface area (Å²) in [6.45, 7) is 3.94. The average Bonchev–Trinajstić information content (AvgIpc) is 3.64. The Morgan fingerprint density at radius 3 is 2.40 bits per heavy atom. The van der Waals surface area contributed by atoms with Crippen LogP contribution in [0.5, 0.6) is 5.75 Å². The number of rotatable bonds is 12. The lowest BCUT2D eigenvalue weighted by atomic mass is 9.83. The van der Waals surface area contributed by atoms with Crippen LogP contribution in [0.1, 0.15) is 87.4 Å². The van der Waals surface area contributed by atoms with Crippen LogP contribution < -0.4 is 26.0 Å². The zero-order valence-corrected chi connectivity index (χ0v) is 34.1. The number of ketones is 1. The molecule has 2 aromatic rings. The van der Waals surface area contributed by atoms with Gasteiger partial charge in [-0.3, -0.25) is 33.6 Å². The minimum absolute atomic E-state index is 0.0521. The predicted molar refractivity (Wildman–Crippen MR) is 214 cm³/mol. The van der Waals surface area contributed by atoms with Crippen molar-refractivity contribution in [3.63, 3.8) is 0 Å². The SMILES string of the molecule is CCC[C@@H](NC(=O)C1C[C@@H]2CN1C(=O)[C@H](C1CCCCC1)NC(=O)Cc1cc(C)cc(c1)OCCCO2)C(=O)C(=O)NCC(=O)N[C@H](C(=O)N(C)C)c1ccccc1. The molecule has 6 amide bonds. The molecule has 1 aliphatic carbocycles. The maximum atomic E-state index is 14.6. The molecule has 1 saturated carbocycles. The molecule has 1 unspecified atom stereocenters. The average molecular weight is 803 g/mol. The van der Waals surface area contributed by atoms with Crippen LogP contribution in [0.3, 0.4) is 0 Å². The van der Waals surface area contributed by atoms with E-state index in [1.54, 1.807) is 51.4 Å². The second-order valence-corrected chi connectivity index (χ2v) is 15.8. The molecule has 58 heavy (non-hydrogen) atoms. The van der Waals surface area contributed by atoms with Gasteiger partial charge in [-0.2, -0.15) is 0 Å². The van der Waals surface area contributed by atoms with Crippen molar-refractivity contribution in [3.05, 3.63) is 65.2 Å². The molecule has 2 aromatic carbocycles. The van der Waals surface area contributed by atoms with Crippen molar-refractivity contribution in [2.45, 2.75) is 108 Å². The molecule has 4 N–H and O–H groups in total. The highest BCUT2D eigenvalue weighted by Gasteiger charge is 2.45. The smallest absolute Gasteiger partial charge is 0.290 e. The summed E-state index contributed by atoms with van der Waals surface area (Å²) in [7, 11) is 3.12. The zero-order chi connectivity index (χ0) is 41.8. The number of amides is 6. The fourth-order valence-corrected chi connectivity index (χ4v) is 7.99. The van der Waals surface area contributed by atoms with E-state index in [2.05, 4.69) is 21.3 Å². The molecular formula is C43H58N6O9. The van der Waals surface area contributed by atoms with Gasteiger partial charge >= 0.3 is 0 Å². The van der Waals surface area contributed by atoms with Crippen molar-refractivity contribution in [3.8, 4) is 5.75 Å². The highest BCUT2D eigenvalue weighted by Crippen LogP contribution is 2.31. The van der Waals surface area contributed by atoms with Gasteiger partial charge in [-0.25, -0.2) is 0 Å². The Bertz CT molecular complexity index is 1800. The number of hydrogen-bond donors (Lipinski definition) is 4. The quantitative estimate of drug-likeness (QED) is 0.233. The van der Waals surface area contributed by atoms with Gasteiger partial charge in [0, 0.05) is 33.5 Å². The first-order chi connectivity index (χ1) is 27.8. The Morgan fingerprint density at radius 2 is 1.69 bits per heavy atom. The van der Waals surface area contributed by atoms with E-state index in [0.29, 0.717) is 37.4 Å². The van der Waals surface area contributed by atoms with E-state index in [0.717, 1.165) is 43.2 Å². The maximum absolute atomic E-state index is 14.6. The fourth-order valence-electron chi connectivity index (χ4n) is 7.99. The predicted octanol–water partition coefficient (Wildman–Crippen LogP) is 2.29. The lowest BCUT2D eigenvalue weighted by molar-refractivity contribution is -0.144. The van der Waals surface area contributed by atoms with E-state index in [1.807, 2.05) is 25.1 Å². The van der Waals surface area contributed by atoms with Gasteiger partial charge in [0.05, 0.1) is 38.3 Å². The first-order valence-corrected chi connectivity index (χ1v) is 20.5. The van der Waals surface area contributed by atoms with Gasteiger partial charge in [-0.1, -0.05) is 69.0 Å². The first-order valence-electron chi connectivity index (χ1n) is 20.5. The number of Topliss-reactive ketones (excluding diaryl/α,β-unsaturated/α-hetero) is 1. The molecule has 5 atom stereocenters. The van der Waals surface area contributed by atoms with Crippen LogP contribution in [-0.4, -0.2) is 116 Å². The van der Waals surface area contributed by atoms with Crippen LogP contribution in [0.15, 0.2) is 48.5 Å². The van der Waals surface area contributed by atoms with Gasteiger partial charge in [0.1, 0.15) is 23.9 Å². The van der Waals surface area contributed by atoms with E-state index in [-0.39, 0.29) is 49.4 Å². The standard InChI is InChI=1S/C43H58N6O9/c1-5-13-33(39(52)41(54)44-25-36(51)47-37(42(55)48(3)4)29-14-8-6-9-15-29)45-40(53)34-24-32-26-49(34)43(56)38(30-16-10-7-11-17-30)46-35(50)23-28-20-27(2)21-31(22-28)57-18-12-19-58-32/h6,8-9,14-15,20-22,30,32-34,37-38H,5,7,10-13,16-19,23-26H2,1-4H3,(H,44,54)(H,45,53)(H,46,50)(H,47,51)/t32-,33-,34?,37+,38+/m1/s1. The number of aryl methyl sites for hydroxylation is 1. The summed E-state index contributed by atoms with van der Waals surface area (Å²) in [5, 5.41) is 10.7. The molecule has 3 aliphatic rings. The number of likely N-dealkylation sites (N-methyl/N-ethyl adjacent to an activating group) is 1. The van der Waals surface area contributed by atoms with E-state index in [9.17, 15) is 33.6 Å². The molecule has 2 heterocycles. The Kier molecular flexibility index (Phi) is 15.8. The molecule has 0 aromatic heterocycles. The van der Waals surface area contributed by atoms with Gasteiger partial charge in [0.15, 0.2) is 0 Å². The lowest BCUT2D eigenvalue weighted by Gasteiger charge is -2.35. The van der Waals surface area contributed by atoms with Crippen LogP contribution >= 0.6 is 0 Å². The third kappa shape index (κ3) is 11.9. The molecule has 15 heteroatoms. The lowest BCUT2D eigenvalue weighted by Crippen LogP contribution is -2.58. The summed E-state index contributed by atoms with van der Waals surface area (Å²) in [6, 6.07) is 10.2. The summed E-state index contributed by atoms with van der Waals surface area (Å²) in [5.41, 5.74) is 2.26. The second kappa shape index (κ2) is 20.9. The summed E-state index contributed by atoms with van der Waals surface area (Å²) in [5.74, 6) is -3.88. The summed E-state index contributed by atoms with van der Waals surface area (Å²) in [6.07, 6.45) is 5.21. The van der Waals surface area contributed by atoms with Gasteiger partial charge in [-0.15, -0.1) is 0 Å². The summed E-state index contributed by atoms with van der Waals surface area (Å²) < 4.78 is 12.2. The van der Waals surface area contributed by atoms with E-state index in [1.165, 1.54) is 9.80 Å². The number of benzene rings is 2. The Balaban J connectivity index is 1.29. The topological polar surface area (TPSA) is 193 Å². The van der Waals surface area contributed by atoms with Crippen molar-refractivity contribution in [1.29, 1.82) is 0 Å². The zero-order valence-electron chi connectivity index (χ0n) is 34.1. The van der Waals surface area contributed by atoms with E-state index in [4.69, 9.17) is 9.47 Å². The molecule has 1 saturated heterocycles. The van der Waals surface area contributed by atoms with Crippen LogP contribution in [0.25, 0.3) is 0 Å². The van der Waals surface area contributed by atoms with Crippen molar-refractivity contribution < 1.29 is 43.0 Å². The Morgan fingerprint density at radius 1 is 0.948 bits per heavy atom. The third-order valence-corrected chi connectivity index (χ3v) is 10.9. The number of hydrogen-bond acceptors (Lipinski definition) is 9. The minimum Gasteiger partial charge on any atom is -0.493 e. The Hall–Kier alpha value is -5.31. The maximum Gasteiger partial charge on any atom is 0.290 e. The van der Waals surface area contributed by atoms with Crippen molar-refractivity contribution in [2.75, 3.05) is 40.4 Å². The number of carbonyl (C=O) groups is 7. The van der Waals surface area contributed by atoms with Crippen molar-refractivity contribution in [1.82, 2.24) is 31.1 Å². The molecule has 15 nitrogen and oxygen atoms in total. The van der Waals surface area contributed by atoms with Gasteiger partial charge in [-0.05, 0) is 60.9 Å². The monoisotopic (exact) mass is 802 g/mol. The number of ether oxygens (including phenoxy) is 2. The number of nitrogens with zero attached hydrogens (tertiary/aromatic N) is 2. The molecule has 314 valence electrons. The minimum atomic E-state index is -1.24. The molecule has 0 radical (unpaired) electrons. The summed E-state index contributed by atoms with van der Waals surface area (Å²) in [4.78, 5) is 97.6. The number of carbonyl (C=O) groups excluding carboxylic acids is 7. The Labute approximate surface area is 340 Å². The second-order valence-electron chi connectivity index (χ2n) is 15.8. The van der Waals surface area contributed by atoms with Crippen molar-refractivity contribution in [2.24, 2.45) is 5.92 Å². The molecule has 0 spiro atoms. The van der Waals surface area contributed by atoms with Crippen molar-refractivity contribution >= 4 is 41.2 Å².